The van der Waals surface area contributed by atoms with E-state index in [4.69, 9.17) is 9.47 Å². The number of hydrogen-bond donors (Lipinski definition) is 1. The molecule has 100 valence electrons. The van der Waals surface area contributed by atoms with Gasteiger partial charge in [-0.3, -0.25) is 0 Å². The van der Waals surface area contributed by atoms with Gasteiger partial charge in [0.2, 0.25) is 0 Å². The lowest BCUT2D eigenvalue weighted by Gasteiger charge is -2.23. The first kappa shape index (κ1) is 13.4. The van der Waals surface area contributed by atoms with E-state index in [9.17, 15) is 0 Å². The summed E-state index contributed by atoms with van der Waals surface area (Å²) < 4.78 is 10.9. The second-order valence-corrected chi connectivity index (χ2v) is 4.87. The summed E-state index contributed by atoms with van der Waals surface area (Å²) >= 11 is 0. The molecule has 3 nitrogen and oxygen atoms in total. The zero-order valence-corrected chi connectivity index (χ0v) is 11.3. The summed E-state index contributed by atoms with van der Waals surface area (Å²) in [5.41, 5.74) is 1.23. The summed E-state index contributed by atoms with van der Waals surface area (Å²) in [5, 5.41) is 3.69. The highest BCUT2D eigenvalue weighted by Crippen LogP contribution is 2.25. The normalized spacial score (nSPS) is 22.2. The number of benzene rings is 1. The van der Waals surface area contributed by atoms with E-state index in [1.165, 1.54) is 12.0 Å². The van der Waals surface area contributed by atoms with Crippen molar-refractivity contribution < 1.29 is 9.47 Å². The van der Waals surface area contributed by atoms with Gasteiger partial charge in [0.1, 0.15) is 5.75 Å². The molecule has 0 bridgehead atoms. The van der Waals surface area contributed by atoms with Crippen LogP contribution in [0.5, 0.6) is 5.75 Å². The van der Waals surface area contributed by atoms with Crippen LogP contribution in [0, 0.1) is 0 Å². The van der Waals surface area contributed by atoms with E-state index < -0.39 is 0 Å². The third-order valence-corrected chi connectivity index (χ3v) is 3.54. The van der Waals surface area contributed by atoms with E-state index in [0.717, 1.165) is 31.8 Å². The monoisotopic (exact) mass is 249 g/mol. The first-order valence-corrected chi connectivity index (χ1v) is 6.78. The van der Waals surface area contributed by atoms with Crippen LogP contribution in [0.1, 0.15) is 37.8 Å². The van der Waals surface area contributed by atoms with Crippen molar-refractivity contribution >= 4 is 0 Å². The van der Waals surface area contributed by atoms with Gasteiger partial charge >= 0.3 is 0 Å². The highest BCUT2D eigenvalue weighted by molar-refractivity contribution is 5.35. The lowest BCUT2D eigenvalue weighted by atomic mass is 10.0. The highest BCUT2D eigenvalue weighted by atomic mass is 16.5. The molecule has 0 aromatic heterocycles. The Morgan fingerprint density at radius 2 is 2.11 bits per heavy atom. The summed E-state index contributed by atoms with van der Waals surface area (Å²) in [6.07, 6.45) is 3.44. The van der Waals surface area contributed by atoms with Gasteiger partial charge in [-0.2, -0.15) is 0 Å². The molecule has 0 saturated carbocycles. The van der Waals surface area contributed by atoms with E-state index in [-0.39, 0.29) is 0 Å². The second kappa shape index (κ2) is 6.76. The molecule has 1 heterocycles. The predicted molar refractivity (Wildman–Crippen MR) is 73.0 cm³/mol. The van der Waals surface area contributed by atoms with E-state index in [1.54, 1.807) is 7.11 Å². The number of hydrogen-bond acceptors (Lipinski definition) is 3. The van der Waals surface area contributed by atoms with Gasteiger partial charge < -0.3 is 14.8 Å². The summed E-state index contributed by atoms with van der Waals surface area (Å²) in [7, 11) is 1.73. The number of para-hydroxylation sites is 1. The van der Waals surface area contributed by atoms with Crippen LogP contribution in [0.25, 0.3) is 0 Å². The van der Waals surface area contributed by atoms with Gasteiger partial charge in [0, 0.05) is 30.9 Å². The van der Waals surface area contributed by atoms with Crippen LogP contribution in [0.3, 0.4) is 0 Å². The smallest absolute Gasteiger partial charge is 0.123 e. The number of ether oxygens (including phenoxy) is 2. The molecule has 2 rings (SSSR count). The Morgan fingerprint density at radius 3 is 2.94 bits per heavy atom. The average Bonchev–Trinajstić information content (AvgIpc) is 2.67. The molecule has 3 heteroatoms. The van der Waals surface area contributed by atoms with Crippen molar-refractivity contribution in [3.8, 4) is 5.75 Å². The molecule has 0 amide bonds. The molecule has 2 atom stereocenters. The van der Waals surface area contributed by atoms with Crippen LogP contribution >= 0.6 is 0 Å². The van der Waals surface area contributed by atoms with E-state index in [2.05, 4.69) is 24.4 Å². The van der Waals surface area contributed by atoms with Gasteiger partial charge in [0.05, 0.1) is 7.11 Å². The van der Waals surface area contributed by atoms with Gasteiger partial charge in [0.25, 0.3) is 0 Å². The molecule has 0 radical (unpaired) electrons. The molecule has 0 spiro atoms. The molecule has 1 aromatic carbocycles. The Kier molecular flexibility index (Phi) is 5.02. The Bertz CT molecular complexity index is 359. The SMILES string of the molecule is COc1ccccc1[C@H](C)NC1CCCOCC1. The summed E-state index contributed by atoms with van der Waals surface area (Å²) in [4.78, 5) is 0. The van der Waals surface area contributed by atoms with Gasteiger partial charge in [-0.1, -0.05) is 18.2 Å². The number of nitrogens with one attached hydrogen (secondary N) is 1. The second-order valence-electron chi connectivity index (χ2n) is 4.87. The van der Waals surface area contributed by atoms with Crippen molar-refractivity contribution in [1.29, 1.82) is 0 Å². The van der Waals surface area contributed by atoms with Crippen molar-refractivity contribution in [2.45, 2.75) is 38.3 Å². The Labute approximate surface area is 109 Å². The first-order chi connectivity index (χ1) is 8.81. The maximum atomic E-state index is 5.49. The zero-order valence-electron chi connectivity index (χ0n) is 11.3. The van der Waals surface area contributed by atoms with Crippen molar-refractivity contribution in [3.63, 3.8) is 0 Å². The maximum Gasteiger partial charge on any atom is 0.123 e. The molecule has 1 aliphatic rings. The first-order valence-electron chi connectivity index (χ1n) is 6.78. The van der Waals surface area contributed by atoms with Crippen LogP contribution in [0.15, 0.2) is 24.3 Å². The third-order valence-electron chi connectivity index (χ3n) is 3.54. The van der Waals surface area contributed by atoms with E-state index in [1.807, 2.05) is 12.1 Å². The average molecular weight is 249 g/mol. The minimum absolute atomic E-state index is 0.309. The van der Waals surface area contributed by atoms with Crippen LogP contribution < -0.4 is 10.1 Å². The zero-order chi connectivity index (χ0) is 12.8. The topological polar surface area (TPSA) is 30.5 Å². The number of methoxy groups -OCH3 is 1. The fraction of sp³-hybridized carbons (Fsp3) is 0.600. The van der Waals surface area contributed by atoms with Gasteiger partial charge in [-0.15, -0.1) is 0 Å². The van der Waals surface area contributed by atoms with Crippen LogP contribution in [0.2, 0.25) is 0 Å². The fourth-order valence-corrected chi connectivity index (χ4v) is 2.54. The van der Waals surface area contributed by atoms with Crippen molar-refractivity contribution in [1.82, 2.24) is 5.32 Å². The summed E-state index contributed by atoms with van der Waals surface area (Å²) in [6.45, 7) is 3.97. The Morgan fingerprint density at radius 1 is 1.28 bits per heavy atom. The molecule has 1 unspecified atom stereocenters. The minimum Gasteiger partial charge on any atom is -0.496 e. The largest absolute Gasteiger partial charge is 0.496 e. The molecule has 1 saturated heterocycles. The highest BCUT2D eigenvalue weighted by Gasteiger charge is 2.17. The van der Waals surface area contributed by atoms with Gasteiger partial charge in [0.15, 0.2) is 0 Å². The molecule has 1 aliphatic heterocycles. The van der Waals surface area contributed by atoms with Crippen molar-refractivity contribution in [3.05, 3.63) is 29.8 Å². The number of rotatable bonds is 4. The maximum absolute atomic E-state index is 5.49. The van der Waals surface area contributed by atoms with E-state index in [0.29, 0.717) is 12.1 Å². The lowest BCUT2D eigenvalue weighted by molar-refractivity contribution is 0.142. The molecule has 0 aliphatic carbocycles. The summed E-state index contributed by atoms with van der Waals surface area (Å²) in [5.74, 6) is 0.961. The molecule has 1 aromatic rings. The summed E-state index contributed by atoms with van der Waals surface area (Å²) in [6, 6.07) is 9.07. The fourth-order valence-electron chi connectivity index (χ4n) is 2.54. The van der Waals surface area contributed by atoms with Crippen LogP contribution in [-0.4, -0.2) is 26.4 Å². The quantitative estimate of drug-likeness (QED) is 0.890. The molecule has 18 heavy (non-hydrogen) atoms. The Hall–Kier alpha value is -1.06. The van der Waals surface area contributed by atoms with Crippen LogP contribution in [0.4, 0.5) is 0 Å². The van der Waals surface area contributed by atoms with E-state index >= 15 is 0 Å². The van der Waals surface area contributed by atoms with Crippen molar-refractivity contribution in [2.24, 2.45) is 0 Å². The van der Waals surface area contributed by atoms with Gasteiger partial charge in [-0.25, -0.2) is 0 Å². The minimum atomic E-state index is 0.309. The standard InChI is InChI=1S/C15H23NO2/c1-12(14-7-3-4-8-15(14)17-2)16-13-6-5-10-18-11-9-13/h3-4,7-8,12-13,16H,5-6,9-11H2,1-2H3/t12-,13?/m0/s1. The van der Waals surface area contributed by atoms with Crippen LogP contribution in [-0.2, 0) is 4.74 Å². The molecular weight excluding hydrogens is 226 g/mol. The lowest BCUT2D eigenvalue weighted by Crippen LogP contribution is -2.31. The predicted octanol–water partition coefficient (Wildman–Crippen LogP) is 2.91. The molecular formula is C15H23NO2. The van der Waals surface area contributed by atoms with Crippen molar-refractivity contribution in [2.75, 3.05) is 20.3 Å². The third kappa shape index (κ3) is 3.47. The molecule has 1 N–H and O–H groups in total. The molecule has 1 fully saturated rings. The Balaban J connectivity index is 1.99. The van der Waals surface area contributed by atoms with Gasteiger partial charge in [-0.05, 0) is 32.3 Å².